The van der Waals surface area contributed by atoms with E-state index in [0.29, 0.717) is 6.54 Å². The Bertz CT molecular complexity index is 642. The molecule has 0 radical (unpaired) electrons. The van der Waals surface area contributed by atoms with Crippen LogP contribution in [-0.2, 0) is 11.3 Å². The monoisotopic (exact) mass is 371 g/mol. The van der Waals surface area contributed by atoms with Crippen LogP contribution in [0.2, 0.25) is 0 Å². The summed E-state index contributed by atoms with van der Waals surface area (Å²) in [6.07, 6.45) is 7.91. The number of carbonyl (C=O) groups is 1. The van der Waals surface area contributed by atoms with E-state index >= 15 is 0 Å². The van der Waals surface area contributed by atoms with Gasteiger partial charge in [-0.05, 0) is 30.5 Å². The number of hydrogen-bond acceptors (Lipinski definition) is 4. The minimum atomic E-state index is -0.722. The van der Waals surface area contributed by atoms with Crippen LogP contribution in [0.15, 0.2) is 36.9 Å². The Kier molecular flexibility index (Phi) is 7.66. The normalized spacial score (nSPS) is 15.7. The van der Waals surface area contributed by atoms with Gasteiger partial charge in [-0.25, -0.2) is 9.67 Å². The average molecular weight is 372 g/mol. The maximum Gasteiger partial charge on any atom is 0.244 e. The van der Waals surface area contributed by atoms with E-state index in [1.807, 2.05) is 24.3 Å². The Balaban J connectivity index is 0.00000144. The number of rotatable bonds is 4. The number of hydrogen-bond donors (Lipinski definition) is 2. The minimum Gasteiger partial charge on any atom is -0.324 e. The van der Waals surface area contributed by atoms with Crippen molar-refractivity contribution >= 4 is 36.4 Å². The van der Waals surface area contributed by atoms with Crippen LogP contribution in [0.1, 0.15) is 37.7 Å². The lowest BCUT2D eigenvalue weighted by molar-refractivity contribution is -0.122. The lowest BCUT2D eigenvalue weighted by Gasteiger charge is -2.31. The number of nitrogens with two attached hydrogens (primary N) is 1. The molecule has 8 heteroatoms. The van der Waals surface area contributed by atoms with Crippen LogP contribution in [-0.4, -0.2) is 26.2 Å². The highest BCUT2D eigenvalue weighted by atomic mass is 35.5. The van der Waals surface area contributed by atoms with E-state index in [2.05, 4.69) is 15.4 Å². The molecule has 2 aromatic rings. The fourth-order valence-corrected chi connectivity index (χ4v) is 2.91. The fourth-order valence-electron chi connectivity index (χ4n) is 2.91. The quantitative estimate of drug-likeness (QED) is 0.864. The Morgan fingerprint density at radius 2 is 2.00 bits per heavy atom. The molecule has 0 spiro atoms. The summed E-state index contributed by atoms with van der Waals surface area (Å²) in [6, 6.07) is 7.75. The number of anilines is 1. The van der Waals surface area contributed by atoms with Gasteiger partial charge in [0.2, 0.25) is 5.91 Å². The highest BCUT2D eigenvalue weighted by Gasteiger charge is 2.35. The molecule has 1 aliphatic rings. The third kappa shape index (κ3) is 4.93. The van der Waals surface area contributed by atoms with E-state index in [0.717, 1.165) is 36.9 Å². The standard InChI is InChI=1S/C16H21N5O.2ClH/c17-16(7-2-1-3-8-16)15(22)20-14-6-4-5-13(9-14)10-21-12-18-11-19-21;;/h4-6,9,11-12H,1-3,7-8,10,17H2,(H,20,22);2*1H. The molecule has 0 unspecified atom stereocenters. The summed E-state index contributed by atoms with van der Waals surface area (Å²) in [6.45, 7) is 0.622. The predicted octanol–water partition coefficient (Wildman–Crippen LogP) is 2.77. The molecular weight excluding hydrogens is 349 g/mol. The summed E-state index contributed by atoms with van der Waals surface area (Å²) < 4.78 is 1.74. The molecule has 0 saturated heterocycles. The van der Waals surface area contributed by atoms with Crippen molar-refractivity contribution < 1.29 is 4.79 Å². The van der Waals surface area contributed by atoms with Crippen molar-refractivity contribution in [1.82, 2.24) is 14.8 Å². The second kappa shape index (κ2) is 9.01. The van der Waals surface area contributed by atoms with Crippen LogP contribution in [0, 0.1) is 0 Å². The SMILES string of the molecule is Cl.Cl.NC1(C(=O)Nc2cccc(Cn3cncn3)c2)CCCCC1. The first kappa shape index (κ1) is 20.4. The van der Waals surface area contributed by atoms with Gasteiger partial charge in [-0.2, -0.15) is 5.10 Å². The molecule has 0 aliphatic heterocycles. The molecule has 0 atom stereocenters. The predicted molar refractivity (Wildman–Crippen MR) is 98.7 cm³/mol. The highest BCUT2D eigenvalue weighted by molar-refractivity contribution is 5.98. The van der Waals surface area contributed by atoms with Gasteiger partial charge in [0.15, 0.2) is 0 Å². The zero-order valence-corrected chi connectivity index (χ0v) is 15.0. The molecule has 0 bridgehead atoms. The maximum absolute atomic E-state index is 12.5. The van der Waals surface area contributed by atoms with E-state index in [-0.39, 0.29) is 30.7 Å². The molecule has 1 amide bonds. The number of nitrogens with one attached hydrogen (secondary N) is 1. The molecular formula is C16H23Cl2N5O. The Labute approximate surface area is 154 Å². The smallest absolute Gasteiger partial charge is 0.244 e. The molecule has 3 rings (SSSR count). The average Bonchev–Trinajstić information content (AvgIpc) is 3.01. The van der Waals surface area contributed by atoms with Crippen molar-refractivity contribution in [3.63, 3.8) is 0 Å². The molecule has 24 heavy (non-hydrogen) atoms. The summed E-state index contributed by atoms with van der Waals surface area (Å²) in [7, 11) is 0. The number of nitrogens with zero attached hydrogens (tertiary/aromatic N) is 3. The molecule has 1 aromatic carbocycles. The topological polar surface area (TPSA) is 85.8 Å². The van der Waals surface area contributed by atoms with Crippen LogP contribution in [0.3, 0.4) is 0 Å². The number of halogens is 2. The third-order valence-corrected chi connectivity index (χ3v) is 4.19. The van der Waals surface area contributed by atoms with E-state index in [9.17, 15) is 4.79 Å². The molecule has 1 fully saturated rings. The van der Waals surface area contributed by atoms with Crippen molar-refractivity contribution in [3.8, 4) is 0 Å². The van der Waals surface area contributed by atoms with Crippen LogP contribution in [0.4, 0.5) is 5.69 Å². The first-order valence-corrected chi connectivity index (χ1v) is 7.67. The van der Waals surface area contributed by atoms with Crippen LogP contribution >= 0.6 is 24.8 Å². The zero-order chi connectivity index (χ0) is 15.4. The van der Waals surface area contributed by atoms with Crippen molar-refractivity contribution in [2.24, 2.45) is 5.73 Å². The van der Waals surface area contributed by atoms with Crippen LogP contribution < -0.4 is 11.1 Å². The number of amides is 1. The Hall–Kier alpha value is -1.63. The molecule has 1 heterocycles. The second-order valence-electron chi connectivity index (χ2n) is 5.96. The number of aromatic nitrogens is 3. The van der Waals surface area contributed by atoms with Crippen LogP contribution in [0.25, 0.3) is 0 Å². The van der Waals surface area contributed by atoms with E-state index in [1.165, 1.54) is 12.7 Å². The molecule has 1 aliphatic carbocycles. The van der Waals surface area contributed by atoms with Gasteiger partial charge in [0.05, 0.1) is 12.1 Å². The van der Waals surface area contributed by atoms with Gasteiger partial charge in [-0.1, -0.05) is 31.4 Å². The summed E-state index contributed by atoms with van der Waals surface area (Å²) in [5.41, 5.74) is 7.37. The molecule has 3 N–H and O–H groups in total. The minimum absolute atomic E-state index is 0. The summed E-state index contributed by atoms with van der Waals surface area (Å²) in [5, 5.41) is 7.05. The van der Waals surface area contributed by atoms with Gasteiger partial charge < -0.3 is 11.1 Å². The van der Waals surface area contributed by atoms with Crippen molar-refractivity contribution in [3.05, 3.63) is 42.5 Å². The van der Waals surface area contributed by atoms with E-state index < -0.39 is 5.54 Å². The summed E-state index contributed by atoms with van der Waals surface area (Å²) in [4.78, 5) is 16.4. The molecule has 1 aromatic heterocycles. The second-order valence-corrected chi connectivity index (χ2v) is 5.96. The van der Waals surface area contributed by atoms with Gasteiger partial charge in [0.25, 0.3) is 0 Å². The van der Waals surface area contributed by atoms with E-state index in [4.69, 9.17) is 5.73 Å². The molecule has 1 saturated carbocycles. The maximum atomic E-state index is 12.5. The first-order chi connectivity index (χ1) is 10.7. The fraction of sp³-hybridized carbons (Fsp3) is 0.438. The van der Waals surface area contributed by atoms with Gasteiger partial charge in [0, 0.05) is 5.69 Å². The summed E-state index contributed by atoms with van der Waals surface area (Å²) in [5.74, 6) is -0.0786. The van der Waals surface area contributed by atoms with Crippen molar-refractivity contribution in [2.45, 2.75) is 44.2 Å². The Morgan fingerprint density at radius 1 is 1.25 bits per heavy atom. The van der Waals surface area contributed by atoms with Gasteiger partial charge in [-0.3, -0.25) is 4.79 Å². The van der Waals surface area contributed by atoms with Gasteiger partial charge >= 0.3 is 0 Å². The highest BCUT2D eigenvalue weighted by Crippen LogP contribution is 2.27. The Morgan fingerprint density at radius 3 is 2.67 bits per heavy atom. The van der Waals surface area contributed by atoms with Crippen molar-refractivity contribution in [2.75, 3.05) is 5.32 Å². The zero-order valence-electron chi connectivity index (χ0n) is 13.4. The molecule has 6 nitrogen and oxygen atoms in total. The lowest BCUT2D eigenvalue weighted by atomic mass is 9.82. The van der Waals surface area contributed by atoms with E-state index in [1.54, 1.807) is 11.0 Å². The van der Waals surface area contributed by atoms with Gasteiger partial charge in [0.1, 0.15) is 12.7 Å². The van der Waals surface area contributed by atoms with Crippen molar-refractivity contribution in [1.29, 1.82) is 0 Å². The third-order valence-electron chi connectivity index (χ3n) is 4.19. The largest absolute Gasteiger partial charge is 0.324 e. The first-order valence-electron chi connectivity index (χ1n) is 7.67. The van der Waals surface area contributed by atoms with Gasteiger partial charge in [-0.15, -0.1) is 24.8 Å². The lowest BCUT2D eigenvalue weighted by Crippen LogP contribution is -2.52. The molecule has 132 valence electrons. The van der Waals surface area contributed by atoms with Crippen LogP contribution in [0.5, 0.6) is 0 Å². The number of benzene rings is 1. The number of carbonyl (C=O) groups excluding carboxylic acids is 1. The summed E-state index contributed by atoms with van der Waals surface area (Å²) >= 11 is 0.